The van der Waals surface area contributed by atoms with Gasteiger partial charge in [0.25, 0.3) is 5.91 Å². The third-order valence-corrected chi connectivity index (χ3v) is 4.52. The number of nitrogens with one attached hydrogen (secondary N) is 1. The van der Waals surface area contributed by atoms with E-state index in [1.54, 1.807) is 43.3 Å². The number of amides is 1. The number of aryl methyl sites for hydroxylation is 2. The zero-order valence-corrected chi connectivity index (χ0v) is 17.5. The van der Waals surface area contributed by atoms with E-state index in [9.17, 15) is 9.59 Å². The van der Waals surface area contributed by atoms with Gasteiger partial charge in [0.15, 0.2) is 13.2 Å². The molecule has 0 saturated carbocycles. The summed E-state index contributed by atoms with van der Waals surface area (Å²) in [6, 6.07) is 13.7. The molecule has 0 saturated heterocycles. The summed E-state index contributed by atoms with van der Waals surface area (Å²) in [5, 5.41) is 2.72. The monoisotopic (exact) mass is 458 g/mol. The maximum absolute atomic E-state index is 12.4. The fourth-order valence-corrected chi connectivity index (χ4v) is 2.71. The summed E-state index contributed by atoms with van der Waals surface area (Å²) >= 11 is 3.34. The zero-order valence-electron chi connectivity index (χ0n) is 15.9. The second-order valence-corrected chi connectivity index (χ2v) is 7.08. The minimum atomic E-state index is -0.595. The SMILES string of the molecule is Cc1nc(COC(=O)c2ccccc2OCC(=O)Nc2ccc(Br)cc2)oc1C. The van der Waals surface area contributed by atoms with E-state index in [2.05, 4.69) is 26.2 Å². The fourth-order valence-electron chi connectivity index (χ4n) is 2.44. The molecule has 3 rings (SSSR count). The summed E-state index contributed by atoms with van der Waals surface area (Å²) in [4.78, 5) is 28.7. The van der Waals surface area contributed by atoms with Crippen LogP contribution in [0.15, 0.2) is 57.4 Å². The first-order valence-corrected chi connectivity index (χ1v) is 9.59. The van der Waals surface area contributed by atoms with Crippen molar-refractivity contribution in [2.45, 2.75) is 20.5 Å². The van der Waals surface area contributed by atoms with Crippen LogP contribution in [0.2, 0.25) is 0 Å². The van der Waals surface area contributed by atoms with Gasteiger partial charge in [-0.2, -0.15) is 0 Å². The molecule has 150 valence electrons. The molecule has 8 heteroatoms. The molecule has 0 aliphatic heterocycles. The van der Waals surface area contributed by atoms with Gasteiger partial charge in [-0.25, -0.2) is 9.78 Å². The van der Waals surface area contributed by atoms with Gasteiger partial charge in [-0.1, -0.05) is 28.1 Å². The average molecular weight is 459 g/mol. The number of carbonyl (C=O) groups excluding carboxylic acids is 2. The van der Waals surface area contributed by atoms with Crippen LogP contribution in [0.4, 0.5) is 5.69 Å². The molecule has 0 fully saturated rings. The summed E-state index contributed by atoms with van der Waals surface area (Å²) in [7, 11) is 0. The number of para-hydroxylation sites is 1. The number of benzene rings is 2. The number of esters is 1. The molecule has 1 heterocycles. The first-order chi connectivity index (χ1) is 13.9. The van der Waals surface area contributed by atoms with E-state index in [1.165, 1.54) is 0 Å². The summed E-state index contributed by atoms with van der Waals surface area (Å²) in [6.45, 7) is 3.26. The van der Waals surface area contributed by atoms with Gasteiger partial charge in [0.1, 0.15) is 17.1 Å². The van der Waals surface area contributed by atoms with Gasteiger partial charge in [0.05, 0.1) is 5.69 Å². The molecule has 0 aliphatic carbocycles. The van der Waals surface area contributed by atoms with Crippen LogP contribution in [0.3, 0.4) is 0 Å². The molecule has 0 bridgehead atoms. The lowest BCUT2D eigenvalue weighted by Crippen LogP contribution is -2.21. The molecular formula is C21H19BrN2O5. The van der Waals surface area contributed by atoms with E-state index in [0.717, 1.165) is 10.2 Å². The minimum absolute atomic E-state index is 0.0914. The van der Waals surface area contributed by atoms with Crippen molar-refractivity contribution in [2.75, 3.05) is 11.9 Å². The molecule has 2 aromatic carbocycles. The first kappa shape index (κ1) is 20.6. The van der Waals surface area contributed by atoms with Crippen LogP contribution in [0, 0.1) is 13.8 Å². The molecule has 3 aromatic rings. The van der Waals surface area contributed by atoms with Gasteiger partial charge in [0, 0.05) is 10.2 Å². The number of rotatable bonds is 7. The zero-order chi connectivity index (χ0) is 20.8. The average Bonchev–Trinajstić information content (AvgIpc) is 3.04. The quantitative estimate of drug-likeness (QED) is 0.526. The normalized spacial score (nSPS) is 10.4. The Morgan fingerprint density at radius 1 is 1.10 bits per heavy atom. The second kappa shape index (κ2) is 9.38. The highest BCUT2D eigenvalue weighted by Gasteiger charge is 2.16. The van der Waals surface area contributed by atoms with Crippen molar-refractivity contribution in [1.29, 1.82) is 0 Å². The highest BCUT2D eigenvalue weighted by atomic mass is 79.9. The molecule has 1 amide bonds. The van der Waals surface area contributed by atoms with E-state index in [4.69, 9.17) is 13.9 Å². The topological polar surface area (TPSA) is 90.7 Å². The summed E-state index contributed by atoms with van der Waals surface area (Å²) in [5.41, 5.74) is 1.60. The largest absolute Gasteiger partial charge is 0.483 e. The highest BCUT2D eigenvalue weighted by Crippen LogP contribution is 2.20. The second-order valence-electron chi connectivity index (χ2n) is 6.17. The number of carbonyl (C=O) groups is 2. The Kier molecular flexibility index (Phi) is 6.66. The number of nitrogens with zero attached hydrogens (tertiary/aromatic N) is 1. The molecular weight excluding hydrogens is 440 g/mol. The molecule has 0 atom stereocenters. The lowest BCUT2D eigenvalue weighted by Gasteiger charge is -2.11. The van der Waals surface area contributed by atoms with E-state index in [0.29, 0.717) is 17.3 Å². The molecule has 7 nitrogen and oxygen atoms in total. The van der Waals surface area contributed by atoms with Gasteiger partial charge in [-0.05, 0) is 50.2 Å². The van der Waals surface area contributed by atoms with Gasteiger partial charge >= 0.3 is 5.97 Å². The first-order valence-electron chi connectivity index (χ1n) is 8.79. The van der Waals surface area contributed by atoms with Crippen molar-refractivity contribution in [3.63, 3.8) is 0 Å². The number of anilines is 1. The van der Waals surface area contributed by atoms with Crippen LogP contribution < -0.4 is 10.1 Å². The molecule has 0 unspecified atom stereocenters. The van der Waals surface area contributed by atoms with Gasteiger partial charge < -0.3 is 19.2 Å². The number of hydrogen-bond acceptors (Lipinski definition) is 6. The molecule has 1 N–H and O–H groups in total. The molecule has 0 radical (unpaired) electrons. The Morgan fingerprint density at radius 2 is 1.83 bits per heavy atom. The maximum atomic E-state index is 12.4. The van der Waals surface area contributed by atoms with Crippen LogP contribution in [0.25, 0.3) is 0 Å². The van der Waals surface area contributed by atoms with Gasteiger partial charge in [0.2, 0.25) is 5.89 Å². The van der Waals surface area contributed by atoms with Crippen LogP contribution in [-0.4, -0.2) is 23.5 Å². The minimum Gasteiger partial charge on any atom is -0.483 e. The summed E-state index contributed by atoms with van der Waals surface area (Å²) in [5.74, 6) is 0.309. The summed E-state index contributed by atoms with van der Waals surface area (Å²) < 4.78 is 17.1. The Bertz CT molecular complexity index is 995. The molecule has 0 aliphatic rings. The van der Waals surface area contributed by atoms with Gasteiger partial charge in [-0.15, -0.1) is 0 Å². The third kappa shape index (κ3) is 5.68. The van der Waals surface area contributed by atoms with Crippen molar-refractivity contribution in [3.8, 4) is 5.75 Å². The fraction of sp³-hybridized carbons (Fsp3) is 0.190. The van der Waals surface area contributed by atoms with Crippen LogP contribution in [0.5, 0.6) is 5.75 Å². The standard InChI is InChI=1S/C21H19BrN2O5/c1-13-14(2)29-20(23-13)12-28-21(26)17-5-3-4-6-18(17)27-11-19(25)24-16-9-7-15(22)8-10-16/h3-10H,11-12H2,1-2H3,(H,24,25). The third-order valence-electron chi connectivity index (χ3n) is 3.99. The maximum Gasteiger partial charge on any atom is 0.342 e. The Labute approximate surface area is 176 Å². The number of ether oxygens (including phenoxy) is 2. The predicted octanol–water partition coefficient (Wildman–Crippen LogP) is 4.43. The number of hydrogen-bond donors (Lipinski definition) is 1. The van der Waals surface area contributed by atoms with Crippen molar-refractivity contribution >= 4 is 33.5 Å². The molecule has 1 aromatic heterocycles. The van der Waals surface area contributed by atoms with Crippen LogP contribution in [-0.2, 0) is 16.1 Å². The number of aromatic nitrogens is 1. The van der Waals surface area contributed by atoms with Crippen molar-refractivity contribution < 1.29 is 23.5 Å². The Hall–Kier alpha value is -3.13. The summed E-state index contributed by atoms with van der Waals surface area (Å²) in [6.07, 6.45) is 0. The lowest BCUT2D eigenvalue weighted by molar-refractivity contribution is -0.118. The van der Waals surface area contributed by atoms with Crippen LogP contribution >= 0.6 is 15.9 Å². The van der Waals surface area contributed by atoms with Crippen molar-refractivity contribution in [1.82, 2.24) is 4.98 Å². The smallest absolute Gasteiger partial charge is 0.342 e. The van der Waals surface area contributed by atoms with Crippen LogP contribution in [0.1, 0.15) is 27.7 Å². The van der Waals surface area contributed by atoms with E-state index in [-0.39, 0.29) is 30.4 Å². The Morgan fingerprint density at radius 3 is 2.52 bits per heavy atom. The number of halogens is 1. The predicted molar refractivity (Wildman–Crippen MR) is 110 cm³/mol. The van der Waals surface area contributed by atoms with E-state index in [1.807, 2.05) is 19.1 Å². The lowest BCUT2D eigenvalue weighted by atomic mass is 10.2. The van der Waals surface area contributed by atoms with Crippen molar-refractivity contribution in [2.24, 2.45) is 0 Å². The van der Waals surface area contributed by atoms with Crippen molar-refractivity contribution in [3.05, 3.63) is 75.9 Å². The highest BCUT2D eigenvalue weighted by molar-refractivity contribution is 9.10. The number of oxazole rings is 1. The van der Waals surface area contributed by atoms with E-state index < -0.39 is 5.97 Å². The van der Waals surface area contributed by atoms with E-state index >= 15 is 0 Å². The van der Waals surface area contributed by atoms with Gasteiger partial charge in [-0.3, -0.25) is 4.79 Å². The Balaban J connectivity index is 1.58. The molecule has 0 spiro atoms. The molecule has 29 heavy (non-hydrogen) atoms.